The summed E-state index contributed by atoms with van der Waals surface area (Å²) in [6.45, 7) is 3.42. The number of hydrogen-bond acceptors (Lipinski definition) is 4. The Kier molecular flexibility index (Phi) is 5.41. The first-order valence-electron chi connectivity index (χ1n) is 10.2. The van der Waals surface area contributed by atoms with Gasteiger partial charge in [-0.15, -0.1) is 5.11 Å². The van der Waals surface area contributed by atoms with Gasteiger partial charge < -0.3 is 14.5 Å². The fraction of sp³-hybridized carbons (Fsp3) is 0.778. The van der Waals surface area contributed by atoms with Crippen LogP contribution in [0.5, 0.6) is 0 Å². The molecule has 0 N–H and O–H groups in total. The lowest BCUT2D eigenvalue weighted by atomic mass is 9.28. The summed E-state index contributed by atoms with van der Waals surface area (Å²) in [6.07, 6.45) is 8.64. The van der Waals surface area contributed by atoms with Crippen LogP contribution in [0.3, 0.4) is 0 Å². The van der Waals surface area contributed by atoms with Gasteiger partial charge >= 0.3 is 6.09 Å². The van der Waals surface area contributed by atoms with Crippen LogP contribution >= 0.6 is 0 Å². The first-order chi connectivity index (χ1) is 13.6. The minimum atomic E-state index is -2.14. The monoisotopic (exact) mass is 382 g/mol. The zero-order chi connectivity index (χ0) is 20.9. The number of ether oxygens (including phenoxy) is 1. The van der Waals surface area contributed by atoms with Crippen molar-refractivity contribution < 1.29 is 9.53 Å². The molecule has 142 valence electrons. The van der Waals surface area contributed by atoms with Crippen molar-refractivity contribution in [3.05, 3.63) is 18.5 Å². The third-order valence-corrected chi connectivity index (χ3v) is 6.88. The summed E-state index contributed by atoms with van der Waals surface area (Å²) in [5.74, 6) is 0. The van der Waals surface area contributed by atoms with E-state index in [0.29, 0.717) is 25.2 Å². The van der Waals surface area contributed by atoms with E-state index < -0.39 is 16.6 Å². The first-order valence-corrected chi connectivity index (χ1v) is 10.2. The fourth-order valence-corrected chi connectivity index (χ4v) is 4.93. The summed E-state index contributed by atoms with van der Waals surface area (Å²) in [4.78, 5) is 16.6. The average molecular weight is 381 g/mol. The second-order valence-electron chi connectivity index (χ2n) is 9.08. The van der Waals surface area contributed by atoms with Crippen LogP contribution in [0.2, 0.25) is 5.11 Å². The molecular formula is C18H23B5N4O2. The largest absolute Gasteiger partial charge is 0.465 e. The lowest BCUT2D eigenvalue weighted by Gasteiger charge is -2.51. The average Bonchev–Trinajstić information content (AvgIpc) is 3.29. The maximum atomic E-state index is 12.4. The lowest BCUT2D eigenvalue weighted by Crippen LogP contribution is -2.55. The molecule has 3 aliphatic rings. The summed E-state index contributed by atoms with van der Waals surface area (Å²) in [5.41, 5.74) is 0.152. The van der Waals surface area contributed by atoms with Gasteiger partial charge in [-0.25, -0.2) is 4.79 Å². The molecule has 6 nitrogen and oxygen atoms in total. The highest BCUT2D eigenvalue weighted by Gasteiger charge is 2.52. The van der Waals surface area contributed by atoms with Gasteiger partial charge in [-0.3, -0.25) is 4.68 Å². The molecule has 0 unspecified atom stereocenters. The van der Waals surface area contributed by atoms with Gasteiger partial charge in [-0.1, -0.05) is 0 Å². The standard InChI is InChI=1S/C18H23B5N4O2/c19-17(20,21)18(22,23)29-15(28)26-9-4-16(12-26)10-14(11-16)25-7-2-13(3-8-25)27-6-1-5-24-27/h1,5-6,13-14H,2-4,7-12H2. The molecule has 0 atom stereocenters. The highest BCUT2D eigenvalue weighted by Crippen LogP contribution is 2.51. The van der Waals surface area contributed by atoms with Crippen molar-refractivity contribution in [1.82, 2.24) is 19.6 Å². The molecule has 1 aromatic heterocycles. The van der Waals surface area contributed by atoms with Crippen molar-refractivity contribution in [3.8, 4) is 0 Å². The smallest absolute Gasteiger partial charge is 0.408 e. The van der Waals surface area contributed by atoms with E-state index in [1.165, 1.54) is 0 Å². The number of likely N-dealkylation sites (tertiary alicyclic amines) is 2. The Labute approximate surface area is 179 Å². The van der Waals surface area contributed by atoms with Crippen LogP contribution in [0.4, 0.5) is 4.79 Å². The Morgan fingerprint density at radius 1 is 1.07 bits per heavy atom. The topological polar surface area (TPSA) is 50.6 Å². The Bertz CT molecular complexity index is 725. The summed E-state index contributed by atoms with van der Waals surface area (Å²) in [5, 5.41) is 0.213. The van der Waals surface area contributed by atoms with Gasteiger partial charge in [-0.2, -0.15) is 5.10 Å². The highest BCUT2D eigenvalue weighted by molar-refractivity contribution is 6.67. The third-order valence-electron chi connectivity index (χ3n) is 6.88. The van der Waals surface area contributed by atoms with Crippen LogP contribution in [0.25, 0.3) is 0 Å². The normalized spacial score (nSPS) is 29.1. The van der Waals surface area contributed by atoms with E-state index in [1.807, 2.05) is 18.5 Å². The molecule has 1 aliphatic carbocycles. The predicted octanol–water partition coefficient (Wildman–Crippen LogP) is 0.0811. The number of amides is 1. The first kappa shape index (κ1) is 21.0. The molecule has 3 heterocycles. The van der Waals surface area contributed by atoms with Gasteiger partial charge in [0.05, 0.1) is 29.6 Å². The van der Waals surface area contributed by atoms with E-state index in [0.717, 1.165) is 45.2 Å². The minimum Gasteiger partial charge on any atom is -0.465 e. The van der Waals surface area contributed by atoms with Crippen molar-refractivity contribution in [1.29, 1.82) is 0 Å². The van der Waals surface area contributed by atoms with Gasteiger partial charge in [0.25, 0.3) is 0 Å². The summed E-state index contributed by atoms with van der Waals surface area (Å²) >= 11 is 0. The molecule has 3 fully saturated rings. The van der Waals surface area contributed by atoms with E-state index >= 15 is 0 Å². The van der Waals surface area contributed by atoms with E-state index in [2.05, 4.69) is 14.7 Å². The minimum absolute atomic E-state index is 0.152. The lowest BCUT2D eigenvalue weighted by molar-refractivity contribution is -0.00992. The Morgan fingerprint density at radius 3 is 2.34 bits per heavy atom. The van der Waals surface area contributed by atoms with E-state index in [-0.39, 0.29) is 5.41 Å². The molecule has 0 aromatic carbocycles. The molecule has 4 rings (SSSR count). The number of carbonyl (C=O) groups excluding carboxylic acids is 1. The molecule has 1 amide bonds. The molecule has 11 heteroatoms. The summed E-state index contributed by atoms with van der Waals surface area (Å²) in [7, 11) is 27.8. The number of aromatic nitrogens is 2. The Morgan fingerprint density at radius 2 is 1.76 bits per heavy atom. The highest BCUT2D eigenvalue weighted by atomic mass is 16.6. The number of piperidine rings is 1. The SMILES string of the molecule is [B]C([B])([B])C([B])([B])OC(=O)N1CCC2(CC(N3CCC(n4cccn4)CC3)C2)C1. The third kappa shape index (κ3) is 4.17. The maximum absolute atomic E-state index is 12.4. The molecule has 1 spiro atoms. The molecule has 0 bridgehead atoms. The quantitative estimate of drug-likeness (QED) is 0.694. The molecular weight excluding hydrogens is 358 g/mol. The second kappa shape index (κ2) is 7.47. The Balaban J connectivity index is 1.24. The number of hydrogen-bond donors (Lipinski definition) is 0. The maximum Gasteiger partial charge on any atom is 0.408 e. The van der Waals surface area contributed by atoms with Crippen LogP contribution in [0, 0.1) is 5.41 Å². The van der Waals surface area contributed by atoms with Crippen LogP contribution in [-0.4, -0.2) is 103 Å². The van der Waals surface area contributed by atoms with E-state index in [4.69, 9.17) is 44.0 Å². The van der Waals surface area contributed by atoms with Gasteiger partial charge in [0, 0.05) is 50.0 Å². The molecule has 10 radical (unpaired) electrons. The van der Waals surface area contributed by atoms with Crippen molar-refractivity contribution >= 4 is 45.3 Å². The van der Waals surface area contributed by atoms with Crippen LogP contribution in [-0.2, 0) is 4.74 Å². The predicted molar refractivity (Wildman–Crippen MR) is 114 cm³/mol. The van der Waals surface area contributed by atoms with E-state index in [1.54, 1.807) is 4.90 Å². The Hall–Kier alpha value is -1.24. The van der Waals surface area contributed by atoms with Crippen molar-refractivity contribution in [2.24, 2.45) is 5.41 Å². The van der Waals surface area contributed by atoms with Crippen molar-refractivity contribution in [2.45, 2.75) is 54.7 Å². The molecule has 29 heavy (non-hydrogen) atoms. The van der Waals surface area contributed by atoms with Crippen LogP contribution < -0.4 is 0 Å². The number of rotatable bonds is 4. The van der Waals surface area contributed by atoms with E-state index in [9.17, 15) is 4.79 Å². The zero-order valence-corrected chi connectivity index (χ0v) is 16.7. The molecule has 2 aliphatic heterocycles. The second-order valence-corrected chi connectivity index (χ2v) is 9.08. The fourth-order valence-electron chi connectivity index (χ4n) is 4.93. The molecule has 2 saturated heterocycles. The van der Waals surface area contributed by atoms with Crippen molar-refractivity contribution in [2.75, 3.05) is 26.2 Å². The number of nitrogens with zero attached hydrogens (tertiary/aromatic N) is 4. The molecule has 1 aromatic rings. The summed E-state index contributed by atoms with van der Waals surface area (Å²) < 4.78 is 7.16. The van der Waals surface area contributed by atoms with Gasteiger partial charge in [0.1, 0.15) is 15.7 Å². The number of carbonyl (C=O) groups is 1. The zero-order valence-electron chi connectivity index (χ0n) is 16.7. The van der Waals surface area contributed by atoms with Gasteiger partial charge in [0.15, 0.2) is 0 Å². The summed E-state index contributed by atoms with van der Waals surface area (Å²) in [6, 6.07) is 3.06. The van der Waals surface area contributed by atoms with Gasteiger partial charge in [0.2, 0.25) is 0 Å². The molecule has 1 saturated carbocycles. The van der Waals surface area contributed by atoms with Crippen LogP contribution in [0.15, 0.2) is 18.5 Å². The van der Waals surface area contributed by atoms with Crippen molar-refractivity contribution in [3.63, 3.8) is 0 Å². The van der Waals surface area contributed by atoms with Crippen LogP contribution in [0.1, 0.15) is 38.1 Å². The van der Waals surface area contributed by atoms with Gasteiger partial charge in [-0.05, 0) is 43.6 Å².